The molecule has 1 amide bonds. The fourth-order valence-corrected chi connectivity index (χ4v) is 3.84. The van der Waals surface area contributed by atoms with E-state index in [1.165, 1.54) is 11.5 Å². The number of aryl methyl sites for hydroxylation is 2. The molecule has 1 N–H and O–H groups in total. The van der Waals surface area contributed by atoms with Crippen LogP contribution in [-0.2, 0) is 28.0 Å². The Hall–Kier alpha value is -3.72. The van der Waals surface area contributed by atoms with Crippen LogP contribution in [0.25, 0.3) is 16.7 Å². The molecule has 0 bridgehead atoms. The first-order valence-corrected chi connectivity index (χ1v) is 10.6. The van der Waals surface area contributed by atoms with Gasteiger partial charge in [-0.1, -0.05) is 35.4 Å². The molecule has 1 atom stereocenters. The number of halogens is 1. The summed E-state index contributed by atoms with van der Waals surface area (Å²) in [4.78, 5) is 36.9. The van der Waals surface area contributed by atoms with Crippen LogP contribution in [0.15, 0.2) is 47.3 Å². The minimum Gasteiger partial charge on any atom is -0.457 e. The van der Waals surface area contributed by atoms with Gasteiger partial charge in [-0.25, -0.2) is 0 Å². The number of aromatic nitrogens is 4. The average Bonchev–Trinajstić information content (AvgIpc) is 3.20. The number of benzene rings is 2. The van der Waals surface area contributed by atoms with Gasteiger partial charge in [0.1, 0.15) is 0 Å². The predicted octanol–water partition coefficient (Wildman–Crippen LogP) is 2.85. The SMILES string of the molecule is CC(=O)NC(CC(=O)OCc1nnc2n(C)c(=O)c3cc(C)ccc3n12)c1ccc(Cl)cc1. The van der Waals surface area contributed by atoms with Crippen molar-refractivity contribution in [2.24, 2.45) is 7.05 Å². The predicted molar refractivity (Wildman–Crippen MR) is 123 cm³/mol. The summed E-state index contributed by atoms with van der Waals surface area (Å²) in [6.07, 6.45) is -0.0730. The summed E-state index contributed by atoms with van der Waals surface area (Å²) in [7, 11) is 1.62. The average molecular weight is 468 g/mol. The van der Waals surface area contributed by atoms with E-state index in [0.717, 1.165) is 11.1 Å². The van der Waals surface area contributed by atoms with E-state index in [2.05, 4.69) is 15.5 Å². The summed E-state index contributed by atoms with van der Waals surface area (Å²) in [5.74, 6) is -0.0654. The number of ether oxygens (including phenoxy) is 1. The van der Waals surface area contributed by atoms with E-state index in [1.807, 2.05) is 19.1 Å². The number of nitrogens with one attached hydrogen (secondary N) is 1. The topological polar surface area (TPSA) is 108 Å². The molecule has 33 heavy (non-hydrogen) atoms. The Bertz CT molecular complexity index is 1430. The standard InChI is InChI=1S/C23H22ClN5O4/c1-13-4-9-19-17(10-13)22(32)28(3)23-27-26-20(29(19)23)12-33-21(31)11-18(25-14(2)30)15-5-7-16(24)8-6-15/h4-10,18H,11-12H2,1-3H3,(H,25,30). The van der Waals surface area contributed by atoms with E-state index in [9.17, 15) is 14.4 Å². The monoisotopic (exact) mass is 467 g/mol. The second-order valence-electron chi connectivity index (χ2n) is 7.81. The number of amides is 1. The number of nitrogens with zero attached hydrogens (tertiary/aromatic N) is 4. The third-order valence-electron chi connectivity index (χ3n) is 5.32. The molecule has 4 rings (SSSR count). The van der Waals surface area contributed by atoms with Crippen LogP contribution in [-0.4, -0.2) is 31.0 Å². The van der Waals surface area contributed by atoms with Crippen molar-refractivity contribution in [2.45, 2.75) is 32.9 Å². The molecule has 0 aliphatic rings. The zero-order valence-corrected chi connectivity index (χ0v) is 19.1. The van der Waals surface area contributed by atoms with Gasteiger partial charge in [0.05, 0.1) is 23.4 Å². The molecule has 2 heterocycles. The van der Waals surface area contributed by atoms with Crippen LogP contribution in [0.5, 0.6) is 0 Å². The zero-order valence-electron chi connectivity index (χ0n) is 18.3. The van der Waals surface area contributed by atoms with Crippen molar-refractivity contribution in [1.29, 1.82) is 0 Å². The Labute approximate surface area is 193 Å². The quantitative estimate of drug-likeness (QED) is 0.437. The lowest BCUT2D eigenvalue weighted by Crippen LogP contribution is -2.28. The Morgan fingerprint density at radius 1 is 1.15 bits per heavy atom. The van der Waals surface area contributed by atoms with Crippen LogP contribution in [0.2, 0.25) is 5.02 Å². The summed E-state index contributed by atoms with van der Waals surface area (Å²) >= 11 is 5.94. The summed E-state index contributed by atoms with van der Waals surface area (Å²) in [6, 6.07) is 11.8. The highest BCUT2D eigenvalue weighted by atomic mass is 35.5. The van der Waals surface area contributed by atoms with Gasteiger partial charge in [-0.05, 0) is 36.8 Å². The summed E-state index contributed by atoms with van der Waals surface area (Å²) in [6.45, 7) is 3.15. The Kier molecular flexibility index (Phi) is 6.15. The van der Waals surface area contributed by atoms with E-state index in [0.29, 0.717) is 27.5 Å². The van der Waals surface area contributed by atoms with Gasteiger partial charge < -0.3 is 10.1 Å². The van der Waals surface area contributed by atoms with E-state index < -0.39 is 12.0 Å². The molecule has 0 fully saturated rings. The first-order valence-electron chi connectivity index (χ1n) is 10.3. The van der Waals surface area contributed by atoms with E-state index in [1.54, 1.807) is 41.8 Å². The highest BCUT2D eigenvalue weighted by molar-refractivity contribution is 6.30. The second kappa shape index (κ2) is 9.03. The van der Waals surface area contributed by atoms with Gasteiger partial charge in [0.25, 0.3) is 5.56 Å². The van der Waals surface area contributed by atoms with Crippen molar-refractivity contribution in [1.82, 2.24) is 24.5 Å². The van der Waals surface area contributed by atoms with Crippen LogP contribution < -0.4 is 10.9 Å². The maximum absolute atomic E-state index is 12.7. The van der Waals surface area contributed by atoms with Gasteiger partial charge in [0.15, 0.2) is 12.4 Å². The van der Waals surface area contributed by atoms with Crippen molar-refractivity contribution in [3.63, 3.8) is 0 Å². The third-order valence-corrected chi connectivity index (χ3v) is 5.58. The maximum Gasteiger partial charge on any atom is 0.308 e. The Balaban J connectivity index is 1.58. The van der Waals surface area contributed by atoms with Crippen LogP contribution in [0.1, 0.15) is 36.3 Å². The van der Waals surface area contributed by atoms with Gasteiger partial charge in [0, 0.05) is 19.0 Å². The number of esters is 1. The third kappa shape index (κ3) is 4.58. The number of hydrogen-bond donors (Lipinski definition) is 1. The molecule has 4 aromatic rings. The number of carbonyl (C=O) groups excluding carboxylic acids is 2. The molecule has 0 spiro atoms. The van der Waals surface area contributed by atoms with E-state index in [4.69, 9.17) is 16.3 Å². The van der Waals surface area contributed by atoms with Crippen molar-refractivity contribution in [2.75, 3.05) is 0 Å². The zero-order chi connectivity index (χ0) is 23.7. The fraction of sp³-hybridized carbons (Fsp3) is 0.261. The lowest BCUT2D eigenvalue weighted by Gasteiger charge is -2.17. The fourth-order valence-electron chi connectivity index (χ4n) is 3.72. The van der Waals surface area contributed by atoms with Crippen LogP contribution >= 0.6 is 11.6 Å². The van der Waals surface area contributed by atoms with Gasteiger partial charge in [-0.3, -0.25) is 23.4 Å². The molecular weight excluding hydrogens is 446 g/mol. The highest BCUT2D eigenvalue weighted by Crippen LogP contribution is 2.21. The number of carbonyl (C=O) groups is 2. The Morgan fingerprint density at radius 2 is 1.88 bits per heavy atom. The second-order valence-corrected chi connectivity index (χ2v) is 8.24. The normalized spacial score (nSPS) is 12.1. The summed E-state index contributed by atoms with van der Waals surface area (Å²) in [5, 5.41) is 12.1. The number of rotatable bonds is 6. The lowest BCUT2D eigenvalue weighted by molar-refractivity contribution is -0.146. The first kappa shape index (κ1) is 22.5. The molecule has 0 saturated carbocycles. The van der Waals surface area contributed by atoms with Crippen molar-refractivity contribution < 1.29 is 14.3 Å². The van der Waals surface area contributed by atoms with Crippen molar-refractivity contribution >= 4 is 40.2 Å². The van der Waals surface area contributed by atoms with Crippen LogP contribution in [0.4, 0.5) is 0 Å². The Morgan fingerprint density at radius 3 is 2.58 bits per heavy atom. The molecule has 170 valence electrons. The molecular formula is C23H22ClN5O4. The number of fused-ring (bicyclic) bond motifs is 3. The van der Waals surface area contributed by atoms with Gasteiger partial charge in [-0.15, -0.1) is 10.2 Å². The summed E-state index contributed by atoms with van der Waals surface area (Å²) in [5.41, 5.74) is 2.13. The lowest BCUT2D eigenvalue weighted by atomic mass is 10.0. The summed E-state index contributed by atoms with van der Waals surface area (Å²) < 4.78 is 8.58. The molecule has 0 aliphatic carbocycles. The van der Waals surface area contributed by atoms with Crippen molar-refractivity contribution in [3.05, 3.63) is 74.8 Å². The highest BCUT2D eigenvalue weighted by Gasteiger charge is 2.20. The smallest absolute Gasteiger partial charge is 0.308 e. The van der Waals surface area contributed by atoms with Crippen LogP contribution in [0.3, 0.4) is 0 Å². The molecule has 2 aromatic heterocycles. The molecule has 1 unspecified atom stereocenters. The van der Waals surface area contributed by atoms with Crippen molar-refractivity contribution in [3.8, 4) is 0 Å². The molecule has 2 aromatic carbocycles. The molecule has 9 nitrogen and oxygen atoms in total. The van der Waals surface area contributed by atoms with E-state index >= 15 is 0 Å². The molecule has 10 heteroatoms. The van der Waals surface area contributed by atoms with Crippen LogP contribution in [0, 0.1) is 6.92 Å². The van der Waals surface area contributed by atoms with Gasteiger partial charge in [-0.2, -0.15) is 0 Å². The largest absolute Gasteiger partial charge is 0.457 e. The maximum atomic E-state index is 12.7. The first-order chi connectivity index (χ1) is 15.7. The molecule has 0 aliphatic heterocycles. The molecule has 0 radical (unpaired) electrons. The van der Waals surface area contributed by atoms with Gasteiger partial charge in [0.2, 0.25) is 11.7 Å². The number of hydrogen-bond acceptors (Lipinski definition) is 6. The van der Waals surface area contributed by atoms with E-state index in [-0.39, 0.29) is 24.5 Å². The minimum atomic E-state index is -0.563. The molecule has 0 saturated heterocycles. The van der Waals surface area contributed by atoms with Gasteiger partial charge >= 0.3 is 5.97 Å². The minimum absolute atomic E-state index is 0.0730.